The van der Waals surface area contributed by atoms with E-state index in [1.54, 1.807) is 0 Å². The Kier molecular flexibility index (Phi) is 8.59. The van der Waals surface area contributed by atoms with E-state index in [-0.39, 0.29) is 31.5 Å². The summed E-state index contributed by atoms with van der Waals surface area (Å²) in [6.07, 6.45) is -0.103. The lowest BCUT2D eigenvalue weighted by molar-refractivity contribution is 0.178. The van der Waals surface area contributed by atoms with Gasteiger partial charge in [0, 0.05) is 60.6 Å². The normalized spacial score (nSPS) is 17.9. The Hall–Kier alpha value is -8.83. The van der Waals surface area contributed by atoms with Gasteiger partial charge >= 0.3 is 0 Å². The van der Waals surface area contributed by atoms with Crippen LogP contribution in [0.15, 0.2) is 194 Å². The van der Waals surface area contributed by atoms with E-state index in [0.717, 1.165) is 72.9 Å². The number of fused-ring (bicyclic) bond motifs is 10. The van der Waals surface area contributed by atoms with E-state index in [9.17, 15) is 0 Å². The second-order valence-corrected chi connectivity index (χ2v) is 19.7. The molecule has 0 bridgehead atoms. The average Bonchev–Trinajstić information content (AvgIpc) is 4.26. The highest BCUT2D eigenvalue weighted by Gasteiger charge is 2.42. The van der Waals surface area contributed by atoms with Gasteiger partial charge in [-0.25, -0.2) is 15.0 Å². The van der Waals surface area contributed by atoms with E-state index >= 15 is 0 Å². The second kappa shape index (κ2) is 15.3. The number of hydrogen-bond donors (Lipinski definition) is 0. The third kappa shape index (κ3) is 6.34. The van der Waals surface area contributed by atoms with E-state index in [0.29, 0.717) is 17.5 Å². The molecule has 10 heteroatoms. The molecule has 9 nitrogen and oxygen atoms in total. The third-order valence-electron chi connectivity index (χ3n) is 15.3. The zero-order chi connectivity index (χ0) is 48.1. The quantitative estimate of drug-likeness (QED) is 0.105. The predicted molar refractivity (Wildman–Crippen MR) is 290 cm³/mol. The van der Waals surface area contributed by atoms with Crippen LogP contribution in [0.3, 0.4) is 0 Å². The molecule has 346 valence electrons. The van der Waals surface area contributed by atoms with Crippen LogP contribution in [-0.2, 0) is 9.47 Å². The highest BCUT2D eigenvalue weighted by Crippen LogP contribution is 2.43. The monoisotopic (exact) mass is 943 g/mol. The van der Waals surface area contributed by atoms with Gasteiger partial charge in [-0.05, 0) is 113 Å². The zero-order valence-corrected chi connectivity index (χ0v) is 39.7. The first-order chi connectivity index (χ1) is 36.0. The lowest BCUT2D eigenvalue weighted by atomic mass is 9.34. The van der Waals surface area contributed by atoms with Gasteiger partial charge < -0.3 is 28.1 Å². The molecule has 0 N–H and O–H groups in total. The molecule has 0 spiro atoms. The van der Waals surface area contributed by atoms with Crippen molar-refractivity contribution < 1.29 is 18.9 Å². The fourth-order valence-corrected chi connectivity index (χ4v) is 11.7. The van der Waals surface area contributed by atoms with E-state index in [4.69, 9.17) is 33.9 Å². The number of benzene rings is 9. The van der Waals surface area contributed by atoms with Crippen LogP contribution in [0.5, 0.6) is 11.5 Å². The van der Waals surface area contributed by atoms with E-state index < -0.39 is 0 Å². The minimum Gasteiger partial charge on any atom is -0.462 e. The maximum Gasteiger partial charge on any atom is 0.252 e. The van der Waals surface area contributed by atoms with Gasteiger partial charge in [0.05, 0.1) is 11.0 Å². The average molecular weight is 944 g/mol. The van der Waals surface area contributed by atoms with Crippen molar-refractivity contribution in [3.05, 3.63) is 194 Å². The van der Waals surface area contributed by atoms with Crippen molar-refractivity contribution in [2.24, 2.45) is 0 Å². The molecule has 9 aromatic carbocycles. The molecule has 0 amide bonds. The van der Waals surface area contributed by atoms with Gasteiger partial charge in [-0.3, -0.25) is 0 Å². The molecule has 2 fully saturated rings. The van der Waals surface area contributed by atoms with Gasteiger partial charge in [0.15, 0.2) is 17.5 Å². The fraction of sp³-hybridized carbons (Fsp3) is 0.0952. The molecule has 4 aliphatic rings. The minimum absolute atomic E-state index is 0.0476. The Labute approximate surface area is 419 Å². The molecule has 12 aromatic rings. The summed E-state index contributed by atoms with van der Waals surface area (Å²) in [5.74, 6) is 3.46. The van der Waals surface area contributed by atoms with Crippen molar-refractivity contribution >= 4 is 66.7 Å². The fourth-order valence-electron chi connectivity index (χ4n) is 11.7. The first-order valence-corrected chi connectivity index (χ1v) is 25.0. The molecular formula is C63H42BN5O4. The number of rotatable bonds is 9. The number of aromatic nitrogens is 5. The highest BCUT2D eigenvalue weighted by atomic mass is 16.8. The summed E-state index contributed by atoms with van der Waals surface area (Å²) in [4.78, 5) is 15.7. The SMILES string of the molecule is CC1OC1Oc1ccc(-c2ccc3c(c2)c2cccc4c2n3-c2cc(-c3nc(-c5ccccc5)nc(-c5ccccc5)n3)cc3c2B4c2cccc4c5cc(-c6ccc(OC7OC7C)cc6)ccc5n-3c24)cc1. The van der Waals surface area contributed by atoms with Crippen molar-refractivity contribution in [3.63, 3.8) is 0 Å². The molecule has 73 heavy (non-hydrogen) atoms. The van der Waals surface area contributed by atoms with Crippen LogP contribution in [0.1, 0.15) is 13.8 Å². The molecule has 4 aliphatic heterocycles. The van der Waals surface area contributed by atoms with Crippen LogP contribution in [-0.4, -0.2) is 55.6 Å². The number of epoxide rings is 2. The lowest BCUT2D eigenvalue weighted by Gasteiger charge is -2.34. The lowest BCUT2D eigenvalue weighted by Crippen LogP contribution is -2.59. The third-order valence-corrected chi connectivity index (χ3v) is 15.3. The second-order valence-electron chi connectivity index (χ2n) is 19.7. The summed E-state index contributed by atoms with van der Waals surface area (Å²) < 4.78 is 28.1. The van der Waals surface area contributed by atoms with E-state index in [1.807, 2.05) is 74.5 Å². The van der Waals surface area contributed by atoms with Gasteiger partial charge in [-0.1, -0.05) is 133 Å². The maximum absolute atomic E-state index is 6.02. The predicted octanol–water partition coefficient (Wildman–Crippen LogP) is 11.8. The largest absolute Gasteiger partial charge is 0.462 e. The van der Waals surface area contributed by atoms with Crippen molar-refractivity contribution in [1.82, 2.24) is 24.1 Å². The number of ether oxygens (including phenoxy) is 4. The van der Waals surface area contributed by atoms with Crippen LogP contribution in [0.2, 0.25) is 0 Å². The van der Waals surface area contributed by atoms with Crippen LogP contribution in [0, 0.1) is 0 Å². The van der Waals surface area contributed by atoms with Crippen LogP contribution in [0.4, 0.5) is 0 Å². The van der Waals surface area contributed by atoms with Crippen molar-refractivity contribution in [2.45, 2.75) is 38.6 Å². The van der Waals surface area contributed by atoms with Gasteiger partial charge in [0.25, 0.3) is 6.71 Å². The maximum atomic E-state index is 6.02. The minimum atomic E-state index is -0.174. The van der Waals surface area contributed by atoms with Crippen LogP contribution < -0.4 is 25.9 Å². The van der Waals surface area contributed by atoms with Gasteiger partial charge in [-0.2, -0.15) is 0 Å². The Morgan fingerprint density at radius 3 is 1.23 bits per heavy atom. The Morgan fingerprint density at radius 1 is 0.397 bits per heavy atom. The summed E-state index contributed by atoms with van der Waals surface area (Å²) in [7, 11) is 0. The molecule has 2 saturated heterocycles. The Morgan fingerprint density at radius 2 is 0.808 bits per heavy atom. The van der Waals surface area contributed by atoms with Gasteiger partial charge in [-0.15, -0.1) is 0 Å². The zero-order valence-electron chi connectivity index (χ0n) is 39.7. The van der Waals surface area contributed by atoms with E-state index in [1.165, 1.54) is 49.0 Å². The number of hydrogen-bond acceptors (Lipinski definition) is 7. The van der Waals surface area contributed by atoms with Gasteiger partial charge in [0.2, 0.25) is 12.6 Å². The topological polar surface area (TPSA) is 92.1 Å². The number of para-hydroxylation sites is 2. The first kappa shape index (κ1) is 40.9. The summed E-state index contributed by atoms with van der Waals surface area (Å²) in [6.45, 7) is 4.00. The van der Waals surface area contributed by atoms with E-state index in [2.05, 4.69) is 143 Å². The van der Waals surface area contributed by atoms with Crippen molar-refractivity contribution in [3.8, 4) is 79.3 Å². The molecule has 7 heterocycles. The molecule has 0 radical (unpaired) electrons. The number of nitrogens with zero attached hydrogens (tertiary/aromatic N) is 5. The van der Waals surface area contributed by atoms with Crippen LogP contribution in [0.25, 0.3) is 111 Å². The molecule has 4 unspecified atom stereocenters. The smallest absolute Gasteiger partial charge is 0.252 e. The van der Waals surface area contributed by atoms with Gasteiger partial charge in [0.1, 0.15) is 23.7 Å². The summed E-state index contributed by atoms with van der Waals surface area (Å²) >= 11 is 0. The first-order valence-electron chi connectivity index (χ1n) is 25.0. The molecule has 0 saturated carbocycles. The molecule has 4 atom stereocenters. The summed E-state index contributed by atoms with van der Waals surface area (Å²) in [6, 6.07) is 69.3. The molecule has 0 aliphatic carbocycles. The molecular weight excluding hydrogens is 902 g/mol. The molecule has 16 rings (SSSR count). The standard InChI is InChI=1S/C63H42BN5O4/c1-35-62(70-35)72-44-25-19-37(20-26-44)41-23-29-52-48(31-41)46-15-9-17-50-57(46)68(52)54-33-43(61-66-59(39-11-5-3-6-12-39)65-60(67-61)40-13-7-4-8-14-40)34-55-56(54)64(50)51-18-10-16-47-49-32-42(24-30-53(49)69(55)58(47)51)38-21-27-45(28-22-38)73-63-36(2)71-63/h3-36,62-63H,1-2H3. The van der Waals surface area contributed by atoms with Crippen LogP contribution >= 0.6 is 0 Å². The summed E-state index contributed by atoms with van der Waals surface area (Å²) in [5.41, 5.74) is 18.0. The molecule has 3 aromatic heterocycles. The summed E-state index contributed by atoms with van der Waals surface area (Å²) in [5, 5.41) is 4.80. The van der Waals surface area contributed by atoms with Crippen molar-refractivity contribution in [2.75, 3.05) is 0 Å². The Bertz CT molecular complexity index is 4000. The van der Waals surface area contributed by atoms with Crippen molar-refractivity contribution in [1.29, 1.82) is 0 Å². The Balaban J connectivity index is 0.937. The highest BCUT2D eigenvalue weighted by molar-refractivity contribution is 7.00.